The van der Waals surface area contributed by atoms with Gasteiger partial charge < -0.3 is 14.3 Å². The molecule has 0 fully saturated rings. The van der Waals surface area contributed by atoms with Crippen LogP contribution in [0, 0.1) is 0 Å². The predicted octanol–water partition coefficient (Wildman–Crippen LogP) is 3.45. The highest BCUT2D eigenvalue weighted by atomic mass is 32.1. The summed E-state index contributed by atoms with van der Waals surface area (Å²) in [5.41, 5.74) is 2.68. The van der Waals surface area contributed by atoms with Crippen molar-refractivity contribution in [2.24, 2.45) is 0 Å². The van der Waals surface area contributed by atoms with Gasteiger partial charge in [-0.15, -0.1) is 21.5 Å². The Morgan fingerprint density at radius 1 is 1.27 bits per heavy atom. The molecule has 1 amide bonds. The van der Waals surface area contributed by atoms with Crippen LogP contribution >= 0.6 is 11.3 Å². The van der Waals surface area contributed by atoms with Gasteiger partial charge in [-0.1, -0.05) is 12.1 Å². The second kappa shape index (κ2) is 7.55. The Labute approximate surface area is 187 Å². The molecule has 0 spiro atoms. The number of carbonyl (C=O) groups excluding carboxylic acids is 1. The van der Waals surface area contributed by atoms with Gasteiger partial charge in [0.15, 0.2) is 0 Å². The van der Waals surface area contributed by atoms with E-state index in [1.807, 2.05) is 24.3 Å². The number of carbonyl (C=O) groups is 1. The van der Waals surface area contributed by atoms with Crippen LogP contribution in [0.4, 0.5) is 8.78 Å². The van der Waals surface area contributed by atoms with Crippen molar-refractivity contribution < 1.29 is 18.0 Å². The first-order valence-corrected chi connectivity index (χ1v) is 10.7. The molecule has 10 nitrogen and oxygen atoms in total. The average Bonchev–Trinajstić information content (AvgIpc) is 3.61. The summed E-state index contributed by atoms with van der Waals surface area (Å²) in [5.74, 6) is -0.813. The van der Waals surface area contributed by atoms with E-state index in [9.17, 15) is 13.6 Å². The fourth-order valence-electron chi connectivity index (χ4n) is 3.86. The van der Waals surface area contributed by atoms with Gasteiger partial charge in [0.25, 0.3) is 5.89 Å². The van der Waals surface area contributed by atoms with Crippen molar-refractivity contribution in [1.82, 2.24) is 39.8 Å². The van der Waals surface area contributed by atoms with Gasteiger partial charge in [-0.2, -0.15) is 13.9 Å². The Hall–Kier alpha value is -4.00. The summed E-state index contributed by atoms with van der Waals surface area (Å²) in [4.78, 5) is 27.3. The lowest BCUT2D eigenvalue weighted by molar-refractivity contribution is 0.0566. The smallest absolute Gasteiger partial charge is 0.333 e. The topological polar surface area (TPSA) is 119 Å². The van der Waals surface area contributed by atoms with E-state index >= 15 is 0 Å². The van der Waals surface area contributed by atoms with Crippen LogP contribution in [0.2, 0.25) is 0 Å². The Morgan fingerprint density at radius 3 is 2.97 bits per heavy atom. The molecule has 0 aliphatic carbocycles. The third-order valence-electron chi connectivity index (χ3n) is 5.39. The van der Waals surface area contributed by atoms with E-state index in [1.54, 1.807) is 11.2 Å². The fraction of sp³-hybridized carbons (Fsp3) is 0.200. The van der Waals surface area contributed by atoms with E-state index in [0.717, 1.165) is 27.1 Å². The summed E-state index contributed by atoms with van der Waals surface area (Å²) in [6.07, 6.45) is 4.43. The van der Waals surface area contributed by atoms with Crippen molar-refractivity contribution in [2.75, 3.05) is 6.54 Å². The van der Waals surface area contributed by atoms with Gasteiger partial charge in [-0.3, -0.25) is 4.79 Å². The molecule has 6 rings (SSSR count). The number of nitrogens with zero attached hydrogens (tertiary/aromatic N) is 7. The van der Waals surface area contributed by atoms with Crippen LogP contribution in [-0.2, 0) is 6.42 Å². The molecule has 166 valence electrons. The fourth-order valence-corrected chi connectivity index (χ4v) is 4.94. The molecule has 0 saturated carbocycles. The van der Waals surface area contributed by atoms with Crippen molar-refractivity contribution in [2.45, 2.75) is 19.0 Å². The number of amides is 1. The second-order valence-electron chi connectivity index (χ2n) is 7.34. The number of H-pyrrole nitrogens is 1. The van der Waals surface area contributed by atoms with Crippen molar-refractivity contribution in [3.05, 3.63) is 65.3 Å². The minimum Gasteiger partial charge on any atom is -0.412 e. The Bertz CT molecular complexity index is 1440. The molecule has 5 aromatic rings. The van der Waals surface area contributed by atoms with Crippen LogP contribution in [0.25, 0.3) is 21.7 Å². The highest BCUT2D eigenvalue weighted by Crippen LogP contribution is 2.38. The number of para-hydroxylation sites is 1. The highest BCUT2D eigenvalue weighted by Gasteiger charge is 2.38. The number of rotatable bonds is 4. The number of fused-ring (bicyclic) bond motifs is 2. The van der Waals surface area contributed by atoms with E-state index in [1.165, 1.54) is 17.5 Å². The highest BCUT2D eigenvalue weighted by molar-refractivity contribution is 7.18. The van der Waals surface area contributed by atoms with Gasteiger partial charge in [0.2, 0.25) is 0 Å². The Morgan fingerprint density at radius 2 is 2.15 bits per heavy atom. The number of aromatic amines is 1. The van der Waals surface area contributed by atoms with Crippen molar-refractivity contribution in [3.63, 3.8) is 0 Å². The first-order valence-electron chi connectivity index (χ1n) is 9.93. The van der Waals surface area contributed by atoms with Crippen molar-refractivity contribution in [1.29, 1.82) is 0 Å². The first-order chi connectivity index (χ1) is 16.1. The van der Waals surface area contributed by atoms with Crippen LogP contribution in [0.15, 0.2) is 47.4 Å². The zero-order valence-corrected chi connectivity index (χ0v) is 17.5. The monoisotopic (exact) mass is 468 g/mol. The van der Waals surface area contributed by atoms with Crippen molar-refractivity contribution >= 4 is 27.5 Å². The molecule has 0 saturated heterocycles. The summed E-state index contributed by atoms with van der Waals surface area (Å²) in [6.45, 7) is -2.41. The third-order valence-corrected chi connectivity index (χ3v) is 6.48. The molecular formula is C20H14F2N8O2S. The van der Waals surface area contributed by atoms with E-state index in [4.69, 9.17) is 9.40 Å². The van der Waals surface area contributed by atoms with Gasteiger partial charge >= 0.3 is 18.3 Å². The van der Waals surface area contributed by atoms with E-state index in [-0.39, 0.29) is 17.3 Å². The van der Waals surface area contributed by atoms with Crippen LogP contribution < -0.4 is 0 Å². The molecule has 1 atom stereocenters. The minimum atomic E-state index is -2.80. The lowest BCUT2D eigenvalue weighted by atomic mass is 10.0. The molecule has 1 N–H and O–H groups in total. The van der Waals surface area contributed by atoms with Gasteiger partial charge in [0, 0.05) is 24.9 Å². The van der Waals surface area contributed by atoms with Crippen LogP contribution in [0.5, 0.6) is 0 Å². The van der Waals surface area contributed by atoms with E-state index in [0.29, 0.717) is 23.3 Å². The summed E-state index contributed by atoms with van der Waals surface area (Å²) in [7, 11) is 0. The summed E-state index contributed by atoms with van der Waals surface area (Å²) in [5, 5.41) is 12.0. The maximum Gasteiger partial charge on any atom is 0.333 e. The maximum atomic E-state index is 13.4. The SMILES string of the molecule is O=C(c1nnc(-c2cnn(C(F)F)c2)o1)N1CCc2[nH]cnc2[C@H]1c1nc2ccccc2s1. The number of imidazole rings is 1. The van der Waals surface area contributed by atoms with Crippen LogP contribution in [0.3, 0.4) is 0 Å². The molecule has 0 radical (unpaired) electrons. The molecule has 4 aromatic heterocycles. The minimum absolute atomic E-state index is 0.0701. The first kappa shape index (κ1) is 19.7. The molecule has 1 aliphatic rings. The molecular weight excluding hydrogens is 454 g/mol. The molecule has 0 unspecified atom stereocenters. The van der Waals surface area contributed by atoms with Crippen molar-refractivity contribution in [3.8, 4) is 11.5 Å². The normalized spacial score (nSPS) is 16.0. The zero-order chi connectivity index (χ0) is 22.5. The maximum absolute atomic E-state index is 13.4. The molecule has 13 heteroatoms. The molecule has 5 heterocycles. The summed E-state index contributed by atoms with van der Waals surface area (Å²) >= 11 is 1.49. The molecule has 33 heavy (non-hydrogen) atoms. The molecule has 1 aromatic carbocycles. The number of benzene rings is 1. The largest absolute Gasteiger partial charge is 0.412 e. The van der Waals surface area contributed by atoms with Gasteiger partial charge in [0.1, 0.15) is 11.0 Å². The number of hydrogen-bond acceptors (Lipinski definition) is 8. The second-order valence-corrected chi connectivity index (χ2v) is 8.40. The van der Waals surface area contributed by atoms with Gasteiger partial charge in [-0.25, -0.2) is 14.6 Å². The Balaban J connectivity index is 1.36. The number of hydrogen-bond donors (Lipinski definition) is 1. The van der Waals surface area contributed by atoms with Gasteiger partial charge in [0.05, 0.1) is 34.0 Å². The summed E-state index contributed by atoms with van der Waals surface area (Å²) < 4.78 is 32.6. The lowest BCUT2D eigenvalue weighted by Gasteiger charge is -2.32. The Kier molecular flexibility index (Phi) is 4.50. The number of halogens is 2. The third kappa shape index (κ3) is 3.28. The van der Waals surface area contributed by atoms with E-state index in [2.05, 4.69) is 25.3 Å². The summed E-state index contributed by atoms with van der Waals surface area (Å²) in [6, 6.07) is 7.21. The lowest BCUT2D eigenvalue weighted by Crippen LogP contribution is -2.40. The average molecular weight is 468 g/mol. The van der Waals surface area contributed by atoms with Gasteiger partial charge in [-0.05, 0) is 12.1 Å². The van der Waals surface area contributed by atoms with E-state index < -0.39 is 18.5 Å². The standard InChI is InChI=1S/C20H14F2N8O2S/c21-20(22)30-8-10(7-25-30)16-27-28-17(32-16)19(31)29-6-5-12-14(24-9-23-12)15(29)18-26-11-3-1-2-4-13(11)33-18/h1-4,7-9,15,20H,5-6H2,(H,23,24)/t15-/m0/s1. The number of nitrogens with one attached hydrogen (secondary N) is 1. The number of thiazole rings is 1. The molecule has 0 bridgehead atoms. The van der Waals surface area contributed by atoms with Crippen LogP contribution in [-0.4, -0.2) is 52.3 Å². The predicted molar refractivity (Wildman–Crippen MR) is 112 cm³/mol. The number of aromatic nitrogens is 7. The zero-order valence-electron chi connectivity index (χ0n) is 16.7. The number of alkyl halides is 2. The van der Waals surface area contributed by atoms with Crippen LogP contribution in [0.1, 0.15) is 39.7 Å². The quantitative estimate of drug-likeness (QED) is 0.429. The molecule has 1 aliphatic heterocycles.